The molecule has 1 unspecified atom stereocenters. The van der Waals surface area contributed by atoms with Gasteiger partial charge in [-0.25, -0.2) is 9.20 Å². The van der Waals surface area contributed by atoms with E-state index in [2.05, 4.69) is 26.7 Å². The number of pyridine rings is 1. The third-order valence-electron chi connectivity index (χ3n) is 5.50. The lowest BCUT2D eigenvalue weighted by Crippen LogP contribution is -2.24. The van der Waals surface area contributed by atoms with Crippen LogP contribution in [0.5, 0.6) is 5.88 Å². The number of aryl methyl sites for hydroxylation is 2. The standard InChI is InChI=1S/C21H23N7O2/c1-26-8-6-17(24-26)16-9-14(16)13-30-20-10-18(21(29)27(2)25-20)22-11-15-12-23-28-7-4-3-5-19(15)28/h3-8,10,12,14,16,22H,9,11,13H2,1-2H3/t14?,16-/m1/s1. The summed E-state index contributed by atoms with van der Waals surface area (Å²) in [5, 5.41) is 16.2. The Morgan fingerprint density at radius 1 is 1.20 bits per heavy atom. The molecule has 154 valence electrons. The van der Waals surface area contributed by atoms with E-state index in [-0.39, 0.29) is 5.56 Å². The van der Waals surface area contributed by atoms with E-state index in [1.165, 1.54) is 4.68 Å². The molecule has 4 aromatic rings. The maximum absolute atomic E-state index is 12.5. The van der Waals surface area contributed by atoms with Crippen LogP contribution in [-0.2, 0) is 20.6 Å². The maximum atomic E-state index is 12.5. The molecule has 4 heterocycles. The number of hydrogen-bond donors (Lipinski definition) is 1. The Balaban J connectivity index is 1.25. The Morgan fingerprint density at radius 3 is 2.93 bits per heavy atom. The third kappa shape index (κ3) is 3.54. The second kappa shape index (κ2) is 7.33. The molecular weight excluding hydrogens is 382 g/mol. The van der Waals surface area contributed by atoms with Gasteiger partial charge < -0.3 is 10.1 Å². The summed E-state index contributed by atoms with van der Waals surface area (Å²) in [4.78, 5) is 12.5. The summed E-state index contributed by atoms with van der Waals surface area (Å²) in [6, 6.07) is 9.62. The van der Waals surface area contributed by atoms with Gasteiger partial charge in [-0.3, -0.25) is 9.48 Å². The molecule has 0 spiro atoms. The van der Waals surface area contributed by atoms with Gasteiger partial charge in [0.1, 0.15) is 5.69 Å². The topological polar surface area (TPSA) is 91.3 Å². The highest BCUT2D eigenvalue weighted by Crippen LogP contribution is 2.46. The molecule has 0 amide bonds. The highest BCUT2D eigenvalue weighted by atomic mass is 16.5. The average Bonchev–Trinajstić information content (AvgIpc) is 3.20. The van der Waals surface area contributed by atoms with Crippen molar-refractivity contribution in [2.45, 2.75) is 18.9 Å². The molecule has 1 aliphatic rings. The van der Waals surface area contributed by atoms with Crippen molar-refractivity contribution in [1.29, 1.82) is 0 Å². The number of rotatable bonds is 7. The van der Waals surface area contributed by atoms with Crippen molar-refractivity contribution in [3.8, 4) is 5.88 Å². The molecule has 1 saturated carbocycles. The molecule has 9 nitrogen and oxygen atoms in total. The minimum atomic E-state index is -0.198. The van der Waals surface area contributed by atoms with Crippen molar-refractivity contribution in [2.75, 3.05) is 11.9 Å². The fourth-order valence-corrected chi connectivity index (χ4v) is 3.71. The van der Waals surface area contributed by atoms with Gasteiger partial charge >= 0.3 is 0 Å². The minimum Gasteiger partial charge on any atom is -0.476 e. The lowest BCUT2D eigenvalue weighted by molar-refractivity contribution is 0.278. The molecule has 0 bridgehead atoms. The van der Waals surface area contributed by atoms with Crippen LogP contribution in [-0.4, -0.2) is 35.8 Å². The van der Waals surface area contributed by atoms with Gasteiger partial charge in [-0.2, -0.15) is 10.2 Å². The Hall–Kier alpha value is -3.62. The smallest absolute Gasteiger partial charge is 0.290 e. The molecule has 4 aromatic heterocycles. The maximum Gasteiger partial charge on any atom is 0.290 e. The summed E-state index contributed by atoms with van der Waals surface area (Å²) in [6.07, 6.45) is 6.72. The van der Waals surface area contributed by atoms with Crippen molar-refractivity contribution in [3.63, 3.8) is 0 Å². The zero-order valence-corrected chi connectivity index (χ0v) is 16.9. The van der Waals surface area contributed by atoms with Gasteiger partial charge in [-0.05, 0) is 24.6 Å². The molecule has 9 heteroatoms. The van der Waals surface area contributed by atoms with Gasteiger partial charge in [0.2, 0.25) is 5.88 Å². The third-order valence-corrected chi connectivity index (χ3v) is 5.50. The Kier molecular flexibility index (Phi) is 4.50. The Labute approximate surface area is 172 Å². The molecule has 1 N–H and O–H groups in total. The fourth-order valence-electron chi connectivity index (χ4n) is 3.71. The first-order valence-corrected chi connectivity index (χ1v) is 9.94. The minimum absolute atomic E-state index is 0.198. The van der Waals surface area contributed by atoms with Gasteiger partial charge in [0, 0.05) is 56.5 Å². The van der Waals surface area contributed by atoms with Crippen molar-refractivity contribution < 1.29 is 4.74 Å². The zero-order chi connectivity index (χ0) is 20.7. The van der Waals surface area contributed by atoms with E-state index in [1.807, 2.05) is 46.8 Å². The highest BCUT2D eigenvalue weighted by Gasteiger charge is 2.40. The number of anilines is 1. The average molecular weight is 405 g/mol. The highest BCUT2D eigenvalue weighted by molar-refractivity contribution is 5.55. The first kappa shape index (κ1) is 18.4. The van der Waals surface area contributed by atoms with Crippen LogP contribution in [0, 0.1) is 5.92 Å². The van der Waals surface area contributed by atoms with Crippen molar-refractivity contribution in [1.82, 2.24) is 29.2 Å². The molecule has 1 aliphatic carbocycles. The van der Waals surface area contributed by atoms with Crippen LogP contribution >= 0.6 is 0 Å². The van der Waals surface area contributed by atoms with E-state index in [0.717, 1.165) is 23.2 Å². The van der Waals surface area contributed by atoms with Gasteiger partial charge in [-0.1, -0.05) is 6.07 Å². The predicted molar refractivity (Wildman–Crippen MR) is 112 cm³/mol. The summed E-state index contributed by atoms with van der Waals surface area (Å²) in [7, 11) is 3.55. The number of nitrogens with zero attached hydrogens (tertiary/aromatic N) is 6. The molecule has 0 saturated heterocycles. The molecule has 1 fully saturated rings. The van der Waals surface area contributed by atoms with Gasteiger partial charge in [0.05, 0.1) is 24.0 Å². The molecule has 2 atom stereocenters. The van der Waals surface area contributed by atoms with Crippen LogP contribution in [0.1, 0.15) is 23.6 Å². The SMILES string of the molecule is Cn1ccc([C@@H]2CC2COc2cc(NCc3cnn4ccccc34)c(=O)n(C)n2)n1. The van der Waals surface area contributed by atoms with Crippen molar-refractivity contribution >= 4 is 11.2 Å². The van der Waals surface area contributed by atoms with Crippen LogP contribution in [0.3, 0.4) is 0 Å². The van der Waals surface area contributed by atoms with E-state index < -0.39 is 0 Å². The van der Waals surface area contributed by atoms with Gasteiger partial charge in [0.25, 0.3) is 5.56 Å². The molecule has 0 aliphatic heterocycles. The number of aromatic nitrogens is 6. The Bertz CT molecular complexity index is 1260. The summed E-state index contributed by atoms with van der Waals surface area (Å²) in [6.45, 7) is 1.04. The fraction of sp³-hybridized carbons (Fsp3) is 0.333. The summed E-state index contributed by atoms with van der Waals surface area (Å²) < 4.78 is 10.8. The van der Waals surface area contributed by atoms with E-state index in [9.17, 15) is 4.79 Å². The molecule has 30 heavy (non-hydrogen) atoms. The first-order chi connectivity index (χ1) is 14.6. The van der Waals surface area contributed by atoms with Crippen LogP contribution in [0.15, 0.2) is 53.7 Å². The molecule has 5 rings (SSSR count). The summed E-state index contributed by atoms with van der Waals surface area (Å²) >= 11 is 0. The number of ether oxygens (including phenoxy) is 1. The van der Waals surface area contributed by atoms with Crippen LogP contribution in [0.25, 0.3) is 5.52 Å². The van der Waals surface area contributed by atoms with Crippen LogP contribution in [0.4, 0.5) is 5.69 Å². The quantitative estimate of drug-likeness (QED) is 0.505. The zero-order valence-electron chi connectivity index (χ0n) is 16.9. The number of fused-ring (bicyclic) bond motifs is 1. The predicted octanol–water partition coefficient (Wildman–Crippen LogP) is 1.96. The molecular formula is C21H23N7O2. The van der Waals surface area contributed by atoms with E-state index in [4.69, 9.17) is 4.74 Å². The van der Waals surface area contributed by atoms with Gasteiger partial charge in [0.15, 0.2) is 0 Å². The first-order valence-electron chi connectivity index (χ1n) is 9.94. The Morgan fingerprint density at radius 2 is 2.10 bits per heavy atom. The van der Waals surface area contributed by atoms with Crippen molar-refractivity contribution in [3.05, 3.63) is 70.5 Å². The van der Waals surface area contributed by atoms with Crippen molar-refractivity contribution in [2.24, 2.45) is 20.0 Å². The lowest BCUT2D eigenvalue weighted by atomic mass is 10.2. The molecule has 0 aromatic carbocycles. The second-order valence-corrected chi connectivity index (χ2v) is 7.71. The van der Waals surface area contributed by atoms with Gasteiger partial charge in [-0.15, -0.1) is 5.10 Å². The second-order valence-electron chi connectivity index (χ2n) is 7.71. The summed E-state index contributed by atoms with van der Waals surface area (Å²) in [5.41, 5.74) is 3.37. The van der Waals surface area contributed by atoms with Crippen LogP contribution < -0.4 is 15.6 Å². The lowest BCUT2D eigenvalue weighted by Gasteiger charge is -2.10. The van der Waals surface area contributed by atoms with E-state index in [1.54, 1.807) is 19.3 Å². The van der Waals surface area contributed by atoms with Crippen LogP contribution in [0.2, 0.25) is 0 Å². The number of hydrogen-bond acceptors (Lipinski definition) is 6. The monoisotopic (exact) mass is 405 g/mol. The largest absolute Gasteiger partial charge is 0.476 e. The molecule has 0 radical (unpaired) electrons. The van der Waals surface area contributed by atoms with E-state index in [0.29, 0.717) is 36.6 Å². The summed E-state index contributed by atoms with van der Waals surface area (Å²) in [5.74, 6) is 1.30. The number of nitrogens with one attached hydrogen (secondary N) is 1. The normalized spacial score (nSPS) is 17.9. The van der Waals surface area contributed by atoms with E-state index >= 15 is 0 Å².